The van der Waals surface area contributed by atoms with Crippen molar-refractivity contribution in [2.24, 2.45) is 0 Å². The maximum Gasteiger partial charge on any atom is 0.343 e. The molecule has 0 saturated heterocycles. The summed E-state index contributed by atoms with van der Waals surface area (Å²) in [6.07, 6.45) is 3.26. The minimum atomic E-state index is -0.496. The van der Waals surface area contributed by atoms with E-state index < -0.39 is 11.9 Å². The van der Waals surface area contributed by atoms with Gasteiger partial charge in [0, 0.05) is 11.6 Å². The summed E-state index contributed by atoms with van der Waals surface area (Å²) in [6, 6.07) is 20.3. The van der Waals surface area contributed by atoms with Gasteiger partial charge in [0.15, 0.2) is 0 Å². The van der Waals surface area contributed by atoms with Gasteiger partial charge < -0.3 is 23.7 Å². The van der Waals surface area contributed by atoms with Crippen molar-refractivity contribution >= 4 is 18.2 Å². The Morgan fingerprint density at radius 2 is 1.24 bits per heavy atom. The number of aldehydes is 1. The van der Waals surface area contributed by atoms with E-state index in [2.05, 4.69) is 6.58 Å². The average Bonchev–Trinajstić information content (AvgIpc) is 2.95. The van der Waals surface area contributed by atoms with Gasteiger partial charge in [-0.1, -0.05) is 6.58 Å². The van der Waals surface area contributed by atoms with Crippen molar-refractivity contribution in [1.29, 1.82) is 0 Å². The zero-order valence-electron chi connectivity index (χ0n) is 20.9. The maximum atomic E-state index is 12.1. The van der Waals surface area contributed by atoms with E-state index in [-0.39, 0.29) is 0 Å². The number of rotatable bonds is 12. The van der Waals surface area contributed by atoms with Crippen molar-refractivity contribution in [3.63, 3.8) is 0 Å². The number of carbonyl (C=O) groups excluding carboxylic acids is 3. The third-order valence-corrected chi connectivity index (χ3v) is 4.83. The zero-order valence-corrected chi connectivity index (χ0v) is 20.9. The quantitative estimate of drug-likeness (QED) is 0.107. The largest absolute Gasteiger partial charge is 0.497 e. The summed E-state index contributed by atoms with van der Waals surface area (Å²) in [5.41, 5.74) is 0.897. The van der Waals surface area contributed by atoms with E-state index in [1.165, 1.54) is 0 Å². The van der Waals surface area contributed by atoms with Gasteiger partial charge in [-0.25, -0.2) is 9.59 Å². The smallest absolute Gasteiger partial charge is 0.343 e. The van der Waals surface area contributed by atoms with Gasteiger partial charge in [-0.3, -0.25) is 4.79 Å². The van der Waals surface area contributed by atoms with Gasteiger partial charge >= 0.3 is 11.9 Å². The molecule has 194 valence electrons. The van der Waals surface area contributed by atoms with Crippen LogP contribution in [0.2, 0.25) is 0 Å². The monoisotopic (exact) mass is 506 g/mol. The average molecular weight is 507 g/mol. The molecule has 0 amide bonds. The van der Waals surface area contributed by atoms with Crippen LogP contribution < -0.4 is 18.9 Å². The Morgan fingerprint density at radius 3 is 1.76 bits per heavy atom. The van der Waals surface area contributed by atoms with Gasteiger partial charge in [-0.05, 0) is 85.6 Å². The lowest BCUT2D eigenvalue weighted by atomic mass is 10.2. The van der Waals surface area contributed by atoms with E-state index in [0.29, 0.717) is 42.3 Å². The molecule has 0 aliphatic carbocycles. The van der Waals surface area contributed by atoms with Gasteiger partial charge in [0.2, 0.25) is 0 Å². The lowest BCUT2D eigenvalue weighted by molar-refractivity contribution is -0.137. The fourth-order valence-corrected chi connectivity index (χ4v) is 2.81. The number of hydrogen-bond donors (Lipinski definition) is 0. The molecule has 0 saturated carbocycles. The molecule has 3 aromatic rings. The van der Waals surface area contributed by atoms with E-state index in [4.69, 9.17) is 23.7 Å². The van der Waals surface area contributed by atoms with Crippen LogP contribution in [-0.2, 0) is 9.53 Å². The molecule has 0 spiro atoms. The van der Waals surface area contributed by atoms with Gasteiger partial charge in [0.05, 0.1) is 33.0 Å². The molecule has 0 atom stereocenters. The van der Waals surface area contributed by atoms with Crippen LogP contribution in [0.25, 0.3) is 0 Å². The van der Waals surface area contributed by atoms with E-state index >= 15 is 0 Å². The summed E-state index contributed by atoms with van der Waals surface area (Å²) in [7, 11) is 3.28. The van der Waals surface area contributed by atoms with Gasteiger partial charge in [-0.15, -0.1) is 0 Å². The second-order valence-electron chi connectivity index (χ2n) is 7.41. The molecular weight excluding hydrogens is 476 g/mol. The zero-order chi connectivity index (χ0) is 26.9. The van der Waals surface area contributed by atoms with Crippen molar-refractivity contribution < 1.29 is 38.1 Å². The Kier molecular flexibility index (Phi) is 12.5. The number of esters is 2. The molecule has 0 aromatic heterocycles. The second-order valence-corrected chi connectivity index (χ2v) is 7.41. The maximum absolute atomic E-state index is 12.1. The molecular formula is C29H30O8. The number of hydrogen-bond acceptors (Lipinski definition) is 8. The highest BCUT2D eigenvalue weighted by Gasteiger charge is 2.09. The highest BCUT2D eigenvalue weighted by atomic mass is 16.5. The molecule has 8 nitrogen and oxygen atoms in total. The number of methoxy groups -OCH3 is 2. The van der Waals surface area contributed by atoms with Crippen molar-refractivity contribution in [2.75, 3.05) is 27.4 Å². The van der Waals surface area contributed by atoms with Crippen molar-refractivity contribution in [2.45, 2.75) is 12.8 Å². The van der Waals surface area contributed by atoms with E-state index in [1.54, 1.807) is 62.8 Å². The van der Waals surface area contributed by atoms with Crippen LogP contribution in [0.1, 0.15) is 33.6 Å². The van der Waals surface area contributed by atoms with Crippen LogP contribution in [0.15, 0.2) is 85.5 Å². The van der Waals surface area contributed by atoms with Crippen molar-refractivity contribution in [3.8, 4) is 23.0 Å². The second kappa shape index (κ2) is 16.1. The first kappa shape index (κ1) is 28.6. The summed E-state index contributed by atoms with van der Waals surface area (Å²) < 4.78 is 25.6. The lowest BCUT2D eigenvalue weighted by Crippen LogP contribution is -2.08. The van der Waals surface area contributed by atoms with Crippen molar-refractivity contribution in [3.05, 3.63) is 96.6 Å². The Labute approximate surface area is 216 Å². The van der Waals surface area contributed by atoms with Crippen LogP contribution in [0, 0.1) is 0 Å². The van der Waals surface area contributed by atoms with E-state index in [9.17, 15) is 14.4 Å². The van der Waals surface area contributed by atoms with Crippen LogP contribution in [0.3, 0.4) is 0 Å². The first-order valence-electron chi connectivity index (χ1n) is 11.5. The third kappa shape index (κ3) is 10.7. The fourth-order valence-electron chi connectivity index (χ4n) is 2.81. The molecule has 0 aliphatic rings. The van der Waals surface area contributed by atoms with Crippen LogP contribution in [-0.4, -0.2) is 45.7 Å². The molecule has 0 unspecified atom stereocenters. The van der Waals surface area contributed by atoms with Crippen LogP contribution >= 0.6 is 0 Å². The Morgan fingerprint density at radius 1 is 0.730 bits per heavy atom. The molecule has 0 heterocycles. The highest BCUT2D eigenvalue weighted by molar-refractivity contribution is 5.91. The number of benzene rings is 3. The normalized spacial score (nSPS) is 9.68. The summed E-state index contributed by atoms with van der Waals surface area (Å²) in [4.78, 5) is 33.6. The Balaban J connectivity index is 0.000000402. The molecule has 0 N–H and O–H groups in total. The Hall–Kier alpha value is -4.59. The Bertz CT molecular complexity index is 1100. The summed E-state index contributed by atoms with van der Waals surface area (Å²) in [5.74, 6) is 1.76. The van der Waals surface area contributed by atoms with E-state index in [1.807, 2.05) is 24.3 Å². The number of ether oxygens (including phenoxy) is 5. The first-order chi connectivity index (χ1) is 18.0. The SMILES string of the molecule is C=CC(=O)OCCCCOc1ccc(C(=O)Oc2ccc(C=O)cc2)cc1.COc1ccc(OC)cc1. The fraction of sp³-hybridized carbons (Fsp3) is 0.207. The summed E-state index contributed by atoms with van der Waals surface area (Å²) >= 11 is 0. The predicted octanol–water partition coefficient (Wildman–Crippen LogP) is 5.31. The number of unbranched alkanes of at least 4 members (excludes halogenated alkanes) is 1. The van der Waals surface area contributed by atoms with Crippen LogP contribution in [0.4, 0.5) is 0 Å². The summed E-state index contributed by atoms with van der Waals surface area (Å²) in [6.45, 7) is 4.12. The van der Waals surface area contributed by atoms with Gasteiger partial charge in [0.1, 0.15) is 29.3 Å². The van der Waals surface area contributed by atoms with Crippen molar-refractivity contribution in [1.82, 2.24) is 0 Å². The molecule has 3 rings (SSSR count). The minimum Gasteiger partial charge on any atom is -0.497 e. The molecule has 0 fully saturated rings. The van der Waals surface area contributed by atoms with Crippen LogP contribution in [0.5, 0.6) is 23.0 Å². The third-order valence-electron chi connectivity index (χ3n) is 4.83. The highest BCUT2D eigenvalue weighted by Crippen LogP contribution is 2.17. The standard InChI is InChI=1S/C21H20O6.C8H10O2/c1-2-20(23)26-14-4-3-13-25-18-11-7-17(8-12-18)21(24)27-19-9-5-16(15-22)6-10-19;1-9-7-3-5-8(10-2)6-4-7/h2,5-12,15H,1,3-4,13-14H2;3-6H,1-2H3. The molecule has 37 heavy (non-hydrogen) atoms. The molecule has 0 aliphatic heterocycles. The minimum absolute atomic E-state index is 0.326. The first-order valence-corrected chi connectivity index (χ1v) is 11.5. The molecule has 3 aromatic carbocycles. The van der Waals surface area contributed by atoms with E-state index in [0.717, 1.165) is 30.3 Å². The van der Waals surface area contributed by atoms with Gasteiger partial charge in [-0.2, -0.15) is 0 Å². The molecule has 0 radical (unpaired) electrons. The van der Waals surface area contributed by atoms with Gasteiger partial charge in [0.25, 0.3) is 0 Å². The lowest BCUT2D eigenvalue weighted by Gasteiger charge is -2.08. The molecule has 0 bridgehead atoms. The topological polar surface area (TPSA) is 97.4 Å². The molecule has 8 heteroatoms. The predicted molar refractivity (Wildman–Crippen MR) is 139 cm³/mol. The number of carbonyl (C=O) groups is 3. The summed E-state index contributed by atoms with van der Waals surface area (Å²) in [5, 5.41) is 0.